The minimum atomic E-state index is -0.813. The molecule has 0 amide bonds. The number of hydrogen-bond acceptors (Lipinski definition) is 6. The number of carbonyl (C=O) groups is 1. The number of phenolic OH excluding ortho intramolecular Hbond substituents is 4. The fourth-order valence-electron chi connectivity index (χ4n) is 2.07. The first kappa shape index (κ1) is 16.5. The first-order chi connectivity index (χ1) is 10.6. The summed E-state index contributed by atoms with van der Waals surface area (Å²) in [4.78, 5) is 12.2. The molecule has 0 bridgehead atoms. The van der Waals surface area contributed by atoms with E-state index >= 15 is 0 Å². The van der Waals surface area contributed by atoms with Crippen LogP contribution < -0.4 is 4.74 Å². The molecule has 0 aliphatic rings. The topological polar surface area (TPSA) is 107 Å². The Hall–Kier alpha value is -2.89. The van der Waals surface area contributed by atoms with E-state index in [-0.39, 0.29) is 22.5 Å². The molecule has 0 fully saturated rings. The van der Waals surface area contributed by atoms with Crippen LogP contribution in [0.15, 0.2) is 30.3 Å². The summed E-state index contributed by atoms with van der Waals surface area (Å²) in [6, 6.07) is 6.36. The number of rotatable bonds is 2. The molecule has 6 nitrogen and oxygen atoms in total. The summed E-state index contributed by atoms with van der Waals surface area (Å²) < 4.78 is 5.31. The molecule has 0 aliphatic heterocycles. The fourth-order valence-corrected chi connectivity index (χ4v) is 2.07. The summed E-state index contributed by atoms with van der Waals surface area (Å²) in [6.07, 6.45) is 0. The molecule has 122 valence electrons. The quantitative estimate of drug-likeness (QED) is 0.385. The van der Waals surface area contributed by atoms with Gasteiger partial charge in [0.1, 0.15) is 11.5 Å². The van der Waals surface area contributed by atoms with Crippen molar-refractivity contribution in [2.45, 2.75) is 26.2 Å². The second-order valence-corrected chi connectivity index (χ2v) is 6.18. The third-order valence-electron chi connectivity index (χ3n) is 3.28. The van der Waals surface area contributed by atoms with Crippen molar-refractivity contribution in [2.75, 3.05) is 0 Å². The minimum Gasteiger partial charge on any atom is -0.508 e. The van der Waals surface area contributed by atoms with Crippen molar-refractivity contribution >= 4 is 5.97 Å². The third-order valence-corrected chi connectivity index (χ3v) is 3.28. The van der Waals surface area contributed by atoms with Gasteiger partial charge in [-0.1, -0.05) is 20.8 Å². The Kier molecular flexibility index (Phi) is 4.10. The highest BCUT2D eigenvalue weighted by Crippen LogP contribution is 2.37. The molecule has 0 unspecified atom stereocenters. The van der Waals surface area contributed by atoms with Crippen LogP contribution in [0.25, 0.3) is 0 Å². The second-order valence-electron chi connectivity index (χ2n) is 6.18. The average Bonchev–Trinajstić information content (AvgIpc) is 2.45. The SMILES string of the molecule is CC(C)(C)c1cc(O)ccc1OC(=O)c1cc(O)c(O)c(O)c1. The highest BCUT2D eigenvalue weighted by atomic mass is 16.5. The van der Waals surface area contributed by atoms with E-state index in [2.05, 4.69) is 0 Å². The molecule has 0 heterocycles. The minimum absolute atomic E-state index is 0.0506. The fraction of sp³-hybridized carbons (Fsp3) is 0.235. The van der Waals surface area contributed by atoms with Crippen LogP contribution in [-0.4, -0.2) is 26.4 Å². The lowest BCUT2D eigenvalue weighted by molar-refractivity contribution is 0.0730. The summed E-state index contributed by atoms with van der Waals surface area (Å²) in [6.45, 7) is 5.70. The summed E-state index contributed by atoms with van der Waals surface area (Å²) in [5.41, 5.74) is 0.122. The largest absolute Gasteiger partial charge is 0.508 e. The summed E-state index contributed by atoms with van der Waals surface area (Å²) in [7, 11) is 0. The predicted molar refractivity (Wildman–Crippen MR) is 83.2 cm³/mol. The Morgan fingerprint density at radius 3 is 2.04 bits per heavy atom. The molecule has 0 radical (unpaired) electrons. The maximum Gasteiger partial charge on any atom is 0.343 e. The molecule has 0 saturated carbocycles. The highest BCUT2D eigenvalue weighted by Gasteiger charge is 2.22. The molecule has 0 saturated heterocycles. The number of benzene rings is 2. The maximum atomic E-state index is 12.2. The van der Waals surface area contributed by atoms with Gasteiger partial charge < -0.3 is 25.2 Å². The molecule has 0 atom stereocenters. The average molecular weight is 318 g/mol. The van der Waals surface area contributed by atoms with Crippen molar-refractivity contribution in [1.82, 2.24) is 0 Å². The smallest absolute Gasteiger partial charge is 0.343 e. The summed E-state index contributed by atoms with van der Waals surface area (Å²) in [5, 5.41) is 37.9. The monoisotopic (exact) mass is 318 g/mol. The molecule has 0 aliphatic carbocycles. The standard InChI is InChI=1S/C17H18O6/c1-17(2,3)11-8-10(18)4-5-14(11)23-16(22)9-6-12(19)15(21)13(20)7-9/h4-8,18-21H,1-3H3. The van der Waals surface area contributed by atoms with E-state index in [9.17, 15) is 25.2 Å². The molecular formula is C17H18O6. The Bertz CT molecular complexity index is 735. The van der Waals surface area contributed by atoms with Crippen molar-refractivity contribution in [3.8, 4) is 28.7 Å². The van der Waals surface area contributed by atoms with Crippen LogP contribution >= 0.6 is 0 Å². The molecule has 2 aromatic rings. The Morgan fingerprint density at radius 1 is 0.957 bits per heavy atom. The van der Waals surface area contributed by atoms with Gasteiger partial charge in [-0.25, -0.2) is 4.79 Å². The predicted octanol–water partition coefficient (Wildman–Crippen LogP) is 3.03. The van der Waals surface area contributed by atoms with Gasteiger partial charge in [0.2, 0.25) is 0 Å². The van der Waals surface area contributed by atoms with E-state index in [1.165, 1.54) is 18.2 Å². The van der Waals surface area contributed by atoms with Gasteiger partial charge in [0.05, 0.1) is 5.56 Å². The molecule has 2 rings (SSSR count). The Labute approximate surface area is 133 Å². The lowest BCUT2D eigenvalue weighted by Crippen LogP contribution is -2.16. The zero-order chi connectivity index (χ0) is 17.4. The summed E-state index contributed by atoms with van der Waals surface area (Å²) >= 11 is 0. The van der Waals surface area contributed by atoms with Gasteiger partial charge in [-0.3, -0.25) is 0 Å². The molecule has 2 aromatic carbocycles. The van der Waals surface area contributed by atoms with Crippen molar-refractivity contribution in [1.29, 1.82) is 0 Å². The van der Waals surface area contributed by atoms with Gasteiger partial charge in [0.25, 0.3) is 0 Å². The molecular weight excluding hydrogens is 300 g/mol. The maximum absolute atomic E-state index is 12.2. The van der Waals surface area contributed by atoms with Gasteiger partial charge in [0, 0.05) is 5.56 Å². The van der Waals surface area contributed by atoms with Crippen molar-refractivity contribution in [2.24, 2.45) is 0 Å². The lowest BCUT2D eigenvalue weighted by Gasteiger charge is -2.22. The van der Waals surface area contributed by atoms with Crippen LogP contribution in [0, 0.1) is 0 Å². The number of esters is 1. The van der Waals surface area contributed by atoms with Gasteiger partial charge in [-0.15, -0.1) is 0 Å². The van der Waals surface area contributed by atoms with Crippen molar-refractivity contribution in [3.05, 3.63) is 41.5 Å². The number of phenols is 4. The van der Waals surface area contributed by atoms with E-state index in [1.807, 2.05) is 20.8 Å². The van der Waals surface area contributed by atoms with Crippen LogP contribution in [0.3, 0.4) is 0 Å². The number of aromatic hydroxyl groups is 4. The second kappa shape index (κ2) is 5.72. The van der Waals surface area contributed by atoms with Crippen molar-refractivity contribution < 1.29 is 30.0 Å². The molecule has 0 spiro atoms. The van der Waals surface area contributed by atoms with E-state index < -0.39 is 23.2 Å². The number of hydrogen-bond donors (Lipinski definition) is 4. The Balaban J connectivity index is 2.38. The van der Waals surface area contributed by atoms with Gasteiger partial charge in [-0.05, 0) is 35.7 Å². The normalized spacial score (nSPS) is 11.3. The van der Waals surface area contributed by atoms with Crippen molar-refractivity contribution in [3.63, 3.8) is 0 Å². The van der Waals surface area contributed by atoms with Gasteiger partial charge >= 0.3 is 5.97 Å². The van der Waals surface area contributed by atoms with Crippen LogP contribution in [0.2, 0.25) is 0 Å². The third kappa shape index (κ3) is 3.48. The molecule has 6 heteroatoms. The van der Waals surface area contributed by atoms with Crippen LogP contribution in [-0.2, 0) is 5.41 Å². The first-order valence-corrected chi connectivity index (χ1v) is 6.90. The first-order valence-electron chi connectivity index (χ1n) is 6.90. The van der Waals surface area contributed by atoms with E-state index in [4.69, 9.17) is 4.74 Å². The zero-order valence-electron chi connectivity index (χ0n) is 13.0. The zero-order valence-corrected chi connectivity index (χ0v) is 13.0. The summed E-state index contributed by atoms with van der Waals surface area (Å²) in [5.74, 6) is -2.47. The molecule has 23 heavy (non-hydrogen) atoms. The van der Waals surface area contributed by atoms with Gasteiger partial charge in [-0.2, -0.15) is 0 Å². The van der Waals surface area contributed by atoms with Crippen LogP contribution in [0.1, 0.15) is 36.7 Å². The molecule has 4 N–H and O–H groups in total. The van der Waals surface area contributed by atoms with E-state index in [0.29, 0.717) is 5.56 Å². The van der Waals surface area contributed by atoms with E-state index in [1.54, 1.807) is 0 Å². The number of ether oxygens (including phenoxy) is 1. The lowest BCUT2D eigenvalue weighted by atomic mass is 9.86. The van der Waals surface area contributed by atoms with E-state index in [0.717, 1.165) is 12.1 Å². The van der Waals surface area contributed by atoms with Crippen LogP contribution in [0.4, 0.5) is 0 Å². The Morgan fingerprint density at radius 2 is 1.52 bits per heavy atom. The number of carbonyl (C=O) groups excluding carboxylic acids is 1. The van der Waals surface area contributed by atoms with Gasteiger partial charge in [0.15, 0.2) is 17.2 Å². The van der Waals surface area contributed by atoms with Crippen LogP contribution in [0.5, 0.6) is 28.7 Å². The highest BCUT2D eigenvalue weighted by molar-refractivity contribution is 5.92. The molecule has 0 aromatic heterocycles.